The highest BCUT2D eigenvalue weighted by molar-refractivity contribution is 5.67. The van der Waals surface area contributed by atoms with Crippen molar-refractivity contribution < 1.29 is 9.90 Å². The summed E-state index contributed by atoms with van der Waals surface area (Å²) in [6.45, 7) is 1.18. The number of aromatic amines is 1. The smallest absolute Gasteiger partial charge is 0.303 e. The van der Waals surface area contributed by atoms with Crippen molar-refractivity contribution in [3.8, 4) is 0 Å². The quantitative estimate of drug-likeness (QED) is 0.712. The van der Waals surface area contributed by atoms with E-state index in [-0.39, 0.29) is 17.9 Å². The van der Waals surface area contributed by atoms with Crippen LogP contribution in [-0.2, 0) is 4.79 Å². The number of aromatic nitrogens is 2. The predicted molar refractivity (Wildman–Crippen MR) is 52.8 cm³/mol. The van der Waals surface area contributed by atoms with Crippen molar-refractivity contribution in [1.82, 2.24) is 9.97 Å². The number of anilines is 1. The molecule has 0 unspecified atom stereocenters. The Bertz CT molecular complexity index is 423. The van der Waals surface area contributed by atoms with Crippen molar-refractivity contribution in [3.05, 3.63) is 22.7 Å². The topological polar surface area (TPSA) is 86.3 Å². The molecule has 1 aromatic heterocycles. The third-order valence-electron chi connectivity index (χ3n) is 2.41. The summed E-state index contributed by atoms with van der Waals surface area (Å²) in [4.78, 5) is 30.0. The van der Waals surface area contributed by atoms with Gasteiger partial charge in [-0.2, -0.15) is 0 Å². The van der Waals surface area contributed by atoms with Crippen molar-refractivity contribution in [2.24, 2.45) is 5.92 Å². The van der Waals surface area contributed by atoms with Crippen LogP contribution in [0.4, 0.5) is 5.82 Å². The number of hydrogen-bond donors (Lipinski definition) is 2. The third-order valence-corrected chi connectivity index (χ3v) is 2.41. The molecule has 6 nitrogen and oxygen atoms in total. The number of aliphatic carboxylic acids is 1. The first kappa shape index (κ1) is 9.70. The molecule has 1 aliphatic heterocycles. The molecule has 0 amide bonds. The molecule has 15 heavy (non-hydrogen) atoms. The van der Waals surface area contributed by atoms with E-state index in [1.54, 1.807) is 4.90 Å². The largest absolute Gasteiger partial charge is 0.481 e. The van der Waals surface area contributed by atoms with Gasteiger partial charge in [-0.1, -0.05) is 0 Å². The highest BCUT2D eigenvalue weighted by Crippen LogP contribution is 2.21. The fraction of sp³-hybridized carbons (Fsp3) is 0.444. The van der Waals surface area contributed by atoms with Gasteiger partial charge in [0.05, 0.1) is 6.42 Å². The highest BCUT2D eigenvalue weighted by Gasteiger charge is 2.30. The summed E-state index contributed by atoms with van der Waals surface area (Å²) in [7, 11) is 0. The second-order valence-electron chi connectivity index (χ2n) is 3.61. The normalized spacial score (nSPS) is 16.1. The second-order valence-corrected chi connectivity index (χ2v) is 3.61. The van der Waals surface area contributed by atoms with Crippen LogP contribution >= 0.6 is 0 Å². The maximum absolute atomic E-state index is 11.3. The first-order valence-corrected chi connectivity index (χ1v) is 4.67. The van der Waals surface area contributed by atoms with Crippen LogP contribution in [0.2, 0.25) is 0 Å². The maximum atomic E-state index is 11.3. The molecule has 2 heterocycles. The minimum absolute atomic E-state index is 0.129. The number of hydrogen-bond acceptors (Lipinski definition) is 4. The fourth-order valence-electron chi connectivity index (χ4n) is 1.69. The first-order valence-electron chi connectivity index (χ1n) is 4.67. The molecule has 1 fully saturated rings. The Balaban J connectivity index is 1.98. The van der Waals surface area contributed by atoms with E-state index >= 15 is 0 Å². The Morgan fingerprint density at radius 1 is 1.67 bits per heavy atom. The van der Waals surface area contributed by atoms with Crippen LogP contribution in [0.3, 0.4) is 0 Å². The lowest BCUT2D eigenvalue weighted by Crippen LogP contribution is -2.49. The summed E-state index contributed by atoms with van der Waals surface area (Å²) in [5.74, 6) is -0.294. The zero-order valence-electron chi connectivity index (χ0n) is 8.01. The van der Waals surface area contributed by atoms with Gasteiger partial charge in [0.2, 0.25) is 0 Å². The molecule has 1 saturated heterocycles. The van der Waals surface area contributed by atoms with E-state index in [4.69, 9.17) is 5.11 Å². The second kappa shape index (κ2) is 3.72. The van der Waals surface area contributed by atoms with Gasteiger partial charge in [0.1, 0.15) is 0 Å². The number of nitrogens with one attached hydrogen (secondary N) is 1. The van der Waals surface area contributed by atoms with Crippen LogP contribution in [-0.4, -0.2) is 34.1 Å². The van der Waals surface area contributed by atoms with Gasteiger partial charge in [-0.25, -0.2) is 4.98 Å². The number of carboxylic acid groups (broad SMARTS) is 1. The average Bonchev–Trinajstić information content (AvgIpc) is 2.12. The molecule has 2 N–H and O–H groups in total. The van der Waals surface area contributed by atoms with Crippen LogP contribution in [0.25, 0.3) is 0 Å². The van der Waals surface area contributed by atoms with Gasteiger partial charge in [0.15, 0.2) is 5.82 Å². The molecule has 1 aliphatic rings. The summed E-state index contributed by atoms with van der Waals surface area (Å²) < 4.78 is 0. The molecule has 0 aromatic carbocycles. The SMILES string of the molecule is O=C(O)CC1CN(c2ncc[nH]c2=O)C1. The Morgan fingerprint density at radius 2 is 2.40 bits per heavy atom. The summed E-state index contributed by atoms with van der Waals surface area (Å²) >= 11 is 0. The van der Waals surface area contributed by atoms with Crippen LogP contribution in [0, 0.1) is 5.92 Å². The molecular weight excluding hydrogens is 198 g/mol. The van der Waals surface area contributed by atoms with Crippen LogP contribution in [0.1, 0.15) is 6.42 Å². The molecule has 0 bridgehead atoms. The van der Waals surface area contributed by atoms with Crippen LogP contribution in [0.15, 0.2) is 17.2 Å². The molecule has 2 rings (SSSR count). The lowest BCUT2D eigenvalue weighted by molar-refractivity contribution is -0.138. The fourth-order valence-corrected chi connectivity index (χ4v) is 1.69. The average molecular weight is 209 g/mol. The van der Waals surface area contributed by atoms with Gasteiger partial charge in [0.25, 0.3) is 5.56 Å². The minimum Gasteiger partial charge on any atom is -0.481 e. The molecule has 0 saturated carbocycles. The van der Waals surface area contributed by atoms with E-state index in [0.29, 0.717) is 18.9 Å². The third kappa shape index (κ3) is 1.98. The van der Waals surface area contributed by atoms with Gasteiger partial charge >= 0.3 is 5.97 Å². The Hall–Kier alpha value is -1.85. The standard InChI is InChI=1S/C9H11N3O3/c13-7(14)3-6-4-12(5-6)8-9(15)11-2-1-10-8/h1-2,6H,3-5H2,(H,11,15)(H,13,14). The Morgan fingerprint density at radius 3 is 3.00 bits per heavy atom. The molecular formula is C9H11N3O3. The van der Waals surface area contributed by atoms with Gasteiger partial charge in [-0.15, -0.1) is 0 Å². The van der Waals surface area contributed by atoms with E-state index < -0.39 is 5.97 Å². The summed E-state index contributed by atoms with van der Waals surface area (Å²) in [5.41, 5.74) is -0.230. The Labute approximate surface area is 85.6 Å². The highest BCUT2D eigenvalue weighted by atomic mass is 16.4. The van der Waals surface area contributed by atoms with Crippen molar-refractivity contribution in [2.45, 2.75) is 6.42 Å². The van der Waals surface area contributed by atoms with Crippen molar-refractivity contribution in [1.29, 1.82) is 0 Å². The number of rotatable bonds is 3. The summed E-state index contributed by atoms with van der Waals surface area (Å²) in [6, 6.07) is 0. The molecule has 0 radical (unpaired) electrons. The first-order chi connectivity index (χ1) is 7.16. The van der Waals surface area contributed by atoms with E-state index in [0.717, 1.165) is 0 Å². The summed E-state index contributed by atoms with van der Waals surface area (Å²) in [5, 5.41) is 8.56. The monoisotopic (exact) mass is 209 g/mol. The van der Waals surface area contributed by atoms with Gasteiger partial charge in [-0.3, -0.25) is 9.59 Å². The van der Waals surface area contributed by atoms with E-state index in [1.807, 2.05) is 0 Å². The lowest BCUT2D eigenvalue weighted by atomic mass is 9.97. The van der Waals surface area contributed by atoms with Crippen molar-refractivity contribution in [3.63, 3.8) is 0 Å². The van der Waals surface area contributed by atoms with Crippen LogP contribution < -0.4 is 10.5 Å². The summed E-state index contributed by atoms with van der Waals surface area (Å²) in [6.07, 6.45) is 3.14. The molecule has 6 heteroatoms. The molecule has 80 valence electrons. The van der Waals surface area contributed by atoms with Gasteiger partial charge < -0.3 is 15.0 Å². The predicted octanol–water partition coefficient (Wildman–Crippen LogP) is -0.319. The minimum atomic E-state index is -0.797. The molecule has 1 aromatic rings. The lowest BCUT2D eigenvalue weighted by Gasteiger charge is -2.38. The van der Waals surface area contributed by atoms with E-state index in [1.165, 1.54) is 12.4 Å². The maximum Gasteiger partial charge on any atom is 0.303 e. The van der Waals surface area contributed by atoms with E-state index in [9.17, 15) is 9.59 Å². The van der Waals surface area contributed by atoms with Crippen molar-refractivity contribution >= 4 is 11.8 Å². The zero-order chi connectivity index (χ0) is 10.8. The van der Waals surface area contributed by atoms with Crippen LogP contribution in [0.5, 0.6) is 0 Å². The molecule has 0 aliphatic carbocycles. The number of nitrogens with zero attached hydrogens (tertiary/aromatic N) is 2. The zero-order valence-corrected chi connectivity index (χ0v) is 8.01. The Kier molecular flexibility index (Phi) is 2.40. The molecule has 0 spiro atoms. The number of H-pyrrole nitrogens is 1. The van der Waals surface area contributed by atoms with E-state index in [2.05, 4.69) is 9.97 Å². The van der Waals surface area contributed by atoms with Crippen molar-refractivity contribution in [2.75, 3.05) is 18.0 Å². The number of carbonyl (C=O) groups is 1. The number of carboxylic acids is 1. The van der Waals surface area contributed by atoms with Gasteiger partial charge in [0, 0.05) is 31.4 Å². The van der Waals surface area contributed by atoms with Gasteiger partial charge in [-0.05, 0) is 0 Å². The molecule has 0 atom stereocenters.